The fourth-order valence-electron chi connectivity index (χ4n) is 4.37. The van der Waals surface area contributed by atoms with Gasteiger partial charge in [0.2, 0.25) is 11.8 Å². The predicted molar refractivity (Wildman–Crippen MR) is 183 cm³/mol. The Bertz CT molecular complexity index is 1100. The molecule has 0 aromatic heterocycles. The van der Waals surface area contributed by atoms with E-state index in [1.54, 1.807) is 36.3 Å². The van der Waals surface area contributed by atoms with Crippen LogP contribution >= 0.6 is 0 Å². The Morgan fingerprint density at radius 2 is 1.78 bits per heavy atom. The molecule has 0 saturated carbocycles. The van der Waals surface area contributed by atoms with Crippen molar-refractivity contribution in [2.75, 3.05) is 53.1 Å². The summed E-state index contributed by atoms with van der Waals surface area (Å²) in [5.74, 6) is -0.556. The van der Waals surface area contributed by atoms with E-state index in [-0.39, 0.29) is 51.0 Å². The predicted octanol–water partition coefficient (Wildman–Crippen LogP) is 4.31. The van der Waals surface area contributed by atoms with Crippen LogP contribution in [0.1, 0.15) is 39.5 Å². The van der Waals surface area contributed by atoms with Crippen LogP contribution in [0.5, 0.6) is 0 Å². The van der Waals surface area contributed by atoms with E-state index in [0.717, 1.165) is 12.8 Å². The van der Waals surface area contributed by atoms with Crippen LogP contribution in [-0.4, -0.2) is 99.0 Å². The number of urea groups is 1. The highest BCUT2D eigenvalue weighted by Gasteiger charge is 2.43. The smallest absolute Gasteiger partial charge is 0.407 e. The molecule has 5 amide bonds. The van der Waals surface area contributed by atoms with E-state index >= 15 is 0 Å². The molecule has 1 aliphatic rings. The first-order chi connectivity index (χ1) is 22.1. The van der Waals surface area contributed by atoms with Crippen molar-refractivity contribution < 1.29 is 28.3 Å². The number of alkyl carbamates (subject to hydrolysis) is 1. The summed E-state index contributed by atoms with van der Waals surface area (Å²) in [5, 5.41) is 11.0. The molecule has 0 bridgehead atoms. The van der Waals surface area contributed by atoms with Gasteiger partial charge in [-0.3, -0.25) is 9.59 Å². The Morgan fingerprint density at radius 3 is 2.37 bits per heavy atom. The van der Waals surface area contributed by atoms with Crippen molar-refractivity contribution >= 4 is 23.9 Å². The summed E-state index contributed by atoms with van der Waals surface area (Å²) in [4.78, 5) is 54.8. The molecular weight excluding hydrogens is 591 g/mol. The van der Waals surface area contributed by atoms with Gasteiger partial charge < -0.3 is 35.8 Å². The first kappa shape index (κ1) is 41.5. The molecule has 0 aliphatic carbocycles. The van der Waals surface area contributed by atoms with Crippen LogP contribution in [0.2, 0.25) is 0 Å². The van der Waals surface area contributed by atoms with Crippen LogP contribution in [0, 0.1) is 0 Å². The number of rotatable bonds is 19. The van der Waals surface area contributed by atoms with Gasteiger partial charge in [0, 0.05) is 19.6 Å². The lowest BCUT2D eigenvalue weighted by atomic mass is 10.0. The molecule has 1 aliphatic heterocycles. The van der Waals surface area contributed by atoms with E-state index in [2.05, 4.69) is 47.6 Å². The molecule has 0 aromatic rings. The summed E-state index contributed by atoms with van der Waals surface area (Å²) in [7, 11) is 1.63. The lowest BCUT2D eigenvalue weighted by molar-refractivity contribution is -0.156. The molecule has 12 heteroatoms. The van der Waals surface area contributed by atoms with Gasteiger partial charge in [-0.25, -0.2) is 14.0 Å². The van der Waals surface area contributed by atoms with Crippen molar-refractivity contribution in [2.45, 2.75) is 51.7 Å². The van der Waals surface area contributed by atoms with E-state index in [0.29, 0.717) is 18.5 Å². The number of hydrogen-bond acceptors (Lipinski definition) is 6. The second-order valence-electron chi connectivity index (χ2n) is 10.2. The normalized spacial score (nSPS) is 16.6. The van der Waals surface area contributed by atoms with E-state index in [9.17, 15) is 23.6 Å². The zero-order valence-corrected chi connectivity index (χ0v) is 27.7. The minimum atomic E-state index is -0.845. The summed E-state index contributed by atoms with van der Waals surface area (Å²) in [6.45, 7) is 18.2. The maximum absolute atomic E-state index is 13.7. The number of allylic oxidation sites excluding steroid dienone is 7. The number of carbonyl (C=O) groups excluding carboxylic acids is 4. The molecule has 256 valence electrons. The van der Waals surface area contributed by atoms with Crippen LogP contribution in [0.4, 0.5) is 14.0 Å². The first-order valence-corrected chi connectivity index (χ1v) is 15.3. The Balaban J connectivity index is 0.00000476. The van der Waals surface area contributed by atoms with Crippen LogP contribution in [0.3, 0.4) is 0 Å². The maximum Gasteiger partial charge on any atom is 0.407 e. The van der Waals surface area contributed by atoms with Gasteiger partial charge in [0.1, 0.15) is 25.5 Å². The average Bonchev–Trinajstić information content (AvgIpc) is 3.04. The second kappa shape index (κ2) is 25.8. The molecule has 1 heterocycles. The number of amides is 5. The highest BCUT2D eigenvalue weighted by atomic mass is 19.1. The van der Waals surface area contributed by atoms with Gasteiger partial charge in [0.05, 0.1) is 13.1 Å². The standard InChI is InChI=1S/C30H47FN6O5.C4H6/c1-6-12-24(14-9-16-31)20-34-29(40)35-26-22-36(18-11-13-23(4)8-3)28(39)25(37(26)27(38)21-32-5)15-10-17-33-30(41)42-19-7-2;1-3-4-2/h6-9,12,14,25-26,32H,1-2,10-11,13,15-22H2,3-5H3,(H,33,41)(H2,34,35,40);3-4H,1-2H2/b14-9-,23-8+,24-12+;/t25-,26?;/m0./s1. The third kappa shape index (κ3) is 17.1. The second-order valence-corrected chi connectivity index (χ2v) is 10.2. The van der Waals surface area contributed by atoms with E-state index in [1.807, 2.05) is 19.9 Å². The molecule has 2 atom stereocenters. The number of ether oxygens (including phenoxy) is 1. The van der Waals surface area contributed by atoms with Gasteiger partial charge in [-0.2, -0.15) is 0 Å². The van der Waals surface area contributed by atoms with Gasteiger partial charge in [0.25, 0.3) is 0 Å². The topological polar surface area (TPSA) is 132 Å². The molecule has 0 radical (unpaired) electrons. The number of carbonyl (C=O) groups is 4. The molecule has 0 aromatic carbocycles. The van der Waals surface area contributed by atoms with Crippen molar-refractivity contribution in [3.8, 4) is 0 Å². The van der Waals surface area contributed by atoms with Crippen LogP contribution in [0.15, 0.2) is 86.1 Å². The summed E-state index contributed by atoms with van der Waals surface area (Å²) in [6, 6.07) is -1.39. The fraction of sp³-hybridized carbons (Fsp3) is 0.471. The number of alkyl halides is 1. The fourth-order valence-corrected chi connectivity index (χ4v) is 4.37. The lowest BCUT2D eigenvalue weighted by Crippen LogP contribution is -2.69. The van der Waals surface area contributed by atoms with Gasteiger partial charge in [0.15, 0.2) is 0 Å². The van der Waals surface area contributed by atoms with Crippen molar-refractivity contribution in [1.82, 2.24) is 31.1 Å². The van der Waals surface area contributed by atoms with Crippen LogP contribution in [0.25, 0.3) is 0 Å². The molecule has 0 spiro atoms. The number of likely N-dealkylation sites (N-methyl/N-ethyl adjacent to an activating group) is 1. The van der Waals surface area contributed by atoms with Crippen LogP contribution in [-0.2, 0) is 14.3 Å². The molecule has 4 N–H and O–H groups in total. The molecular formula is C34H53FN6O5. The quantitative estimate of drug-likeness (QED) is 0.0942. The average molecular weight is 645 g/mol. The summed E-state index contributed by atoms with van der Waals surface area (Å²) < 4.78 is 17.5. The van der Waals surface area contributed by atoms with E-state index in [1.165, 1.54) is 28.7 Å². The summed E-state index contributed by atoms with van der Waals surface area (Å²) in [6.07, 6.45) is 13.6. The van der Waals surface area contributed by atoms with Crippen molar-refractivity contribution in [1.29, 1.82) is 0 Å². The molecule has 1 saturated heterocycles. The van der Waals surface area contributed by atoms with E-state index in [4.69, 9.17) is 4.74 Å². The number of nitrogens with zero attached hydrogens (tertiary/aromatic N) is 2. The SMILES string of the molecule is C=C/C=C(\C=C/CF)CNC(=O)NC1CN(CCC/C(C)=C/C)C(=O)[C@H](CCCNC(=O)OCC=C)N1C(=O)CNC.C=CC=C. The highest BCUT2D eigenvalue weighted by Crippen LogP contribution is 2.21. The van der Waals surface area contributed by atoms with Crippen molar-refractivity contribution in [2.24, 2.45) is 0 Å². The minimum Gasteiger partial charge on any atom is -0.445 e. The number of piperazine rings is 1. The summed E-state index contributed by atoms with van der Waals surface area (Å²) >= 11 is 0. The molecule has 1 fully saturated rings. The monoisotopic (exact) mass is 644 g/mol. The largest absolute Gasteiger partial charge is 0.445 e. The Labute approximate surface area is 274 Å². The van der Waals surface area contributed by atoms with Crippen LogP contribution < -0.4 is 21.3 Å². The Kier molecular flexibility index (Phi) is 23.3. The third-order valence-corrected chi connectivity index (χ3v) is 6.70. The number of hydrogen-bond donors (Lipinski definition) is 4. The highest BCUT2D eigenvalue weighted by molar-refractivity contribution is 5.90. The molecule has 46 heavy (non-hydrogen) atoms. The van der Waals surface area contributed by atoms with Gasteiger partial charge in [-0.1, -0.05) is 80.5 Å². The number of nitrogens with one attached hydrogen (secondary N) is 4. The number of halogens is 1. The zero-order valence-electron chi connectivity index (χ0n) is 27.7. The van der Waals surface area contributed by atoms with Crippen molar-refractivity contribution in [3.63, 3.8) is 0 Å². The lowest BCUT2D eigenvalue weighted by Gasteiger charge is -2.46. The molecule has 11 nitrogen and oxygen atoms in total. The van der Waals surface area contributed by atoms with Gasteiger partial charge >= 0.3 is 12.1 Å². The maximum atomic E-state index is 13.7. The zero-order chi connectivity index (χ0) is 34.7. The van der Waals surface area contributed by atoms with Crippen molar-refractivity contribution in [3.05, 3.63) is 86.1 Å². The third-order valence-electron chi connectivity index (χ3n) is 6.70. The molecule has 1 rings (SSSR count). The Hall–Kier alpha value is -4.45. The van der Waals surface area contributed by atoms with Gasteiger partial charge in [-0.15, -0.1) is 0 Å². The first-order valence-electron chi connectivity index (χ1n) is 15.3. The Morgan fingerprint density at radius 1 is 1.07 bits per heavy atom. The molecule has 1 unspecified atom stereocenters. The van der Waals surface area contributed by atoms with Gasteiger partial charge in [-0.05, 0) is 52.2 Å². The summed E-state index contributed by atoms with van der Waals surface area (Å²) in [5.41, 5.74) is 1.84. The minimum absolute atomic E-state index is 0.0313. The van der Waals surface area contributed by atoms with E-state index < -0.39 is 31.0 Å².